The number of aromatic nitrogens is 1. The molecule has 0 saturated heterocycles. The second-order valence-electron chi connectivity index (χ2n) is 5.59. The molecule has 0 fully saturated rings. The molecular weight excluding hydrogens is 296 g/mol. The minimum Gasteiger partial charge on any atom is -0.497 e. The van der Waals surface area contributed by atoms with E-state index in [0.29, 0.717) is 0 Å². The van der Waals surface area contributed by atoms with Gasteiger partial charge in [0.1, 0.15) is 5.75 Å². The fourth-order valence-corrected chi connectivity index (χ4v) is 3.61. The molecule has 1 atom stereocenters. The summed E-state index contributed by atoms with van der Waals surface area (Å²) >= 11 is 6.41. The molecule has 0 bridgehead atoms. The van der Waals surface area contributed by atoms with E-state index in [0.717, 1.165) is 29.3 Å². The molecular formula is C18H17ClN2O. The fourth-order valence-electron chi connectivity index (χ4n) is 3.32. The minimum atomic E-state index is 0.165. The highest BCUT2D eigenvalue weighted by Crippen LogP contribution is 2.36. The number of methoxy groups -OCH3 is 1. The Balaban J connectivity index is 1.84. The van der Waals surface area contributed by atoms with Gasteiger partial charge in [-0.15, -0.1) is 0 Å². The number of aromatic amines is 1. The molecule has 4 heteroatoms. The van der Waals surface area contributed by atoms with Crippen molar-refractivity contribution in [3.63, 3.8) is 0 Å². The van der Waals surface area contributed by atoms with Gasteiger partial charge in [0.15, 0.2) is 0 Å². The lowest BCUT2D eigenvalue weighted by molar-refractivity contribution is 0.414. The third kappa shape index (κ3) is 2.09. The van der Waals surface area contributed by atoms with E-state index in [1.54, 1.807) is 7.11 Å². The van der Waals surface area contributed by atoms with Crippen molar-refractivity contribution >= 4 is 22.5 Å². The van der Waals surface area contributed by atoms with Crippen LogP contribution in [-0.4, -0.2) is 18.6 Å². The summed E-state index contributed by atoms with van der Waals surface area (Å²) in [5.41, 5.74) is 4.89. The van der Waals surface area contributed by atoms with Crippen LogP contribution >= 0.6 is 11.6 Å². The van der Waals surface area contributed by atoms with Crippen molar-refractivity contribution in [1.29, 1.82) is 0 Å². The lowest BCUT2D eigenvalue weighted by atomic mass is 9.94. The Labute approximate surface area is 134 Å². The molecule has 2 aromatic carbocycles. The van der Waals surface area contributed by atoms with E-state index >= 15 is 0 Å². The normalized spacial score (nSPS) is 17.5. The molecule has 4 rings (SSSR count). The second-order valence-corrected chi connectivity index (χ2v) is 6.00. The zero-order valence-electron chi connectivity index (χ0n) is 12.3. The van der Waals surface area contributed by atoms with Crippen molar-refractivity contribution in [3.05, 3.63) is 64.3 Å². The van der Waals surface area contributed by atoms with Crippen LogP contribution in [0.4, 0.5) is 0 Å². The molecule has 0 saturated carbocycles. The topological polar surface area (TPSA) is 37.0 Å². The molecule has 3 nitrogen and oxygen atoms in total. The number of halogens is 1. The average Bonchev–Trinajstić information content (AvgIpc) is 2.95. The summed E-state index contributed by atoms with van der Waals surface area (Å²) in [6.07, 6.45) is 0.992. The van der Waals surface area contributed by atoms with Gasteiger partial charge in [-0.25, -0.2) is 0 Å². The SMILES string of the molecule is COc1ccc(C2NCCc3c2[nH]c2cccc(Cl)c32)cc1. The molecule has 0 spiro atoms. The summed E-state index contributed by atoms with van der Waals surface area (Å²) in [5, 5.41) is 5.58. The summed E-state index contributed by atoms with van der Waals surface area (Å²) in [6, 6.07) is 14.4. The summed E-state index contributed by atoms with van der Waals surface area (Å²) in [7, 11) is 1.69. The van der Waals surface area contributed by atoms with Crippen molar-refractivity contribution < 1.29 is 4.74 Å². The van der Waals surface area contributed by atoms with Gasteiger partial charge in [-0.05, 0) is 41.8 Å². The molecule has 0 amide bonds. The summed E-state index contributed by atoms with van der Waals surface area (Å²) in [6.45, 7) is 0.946. The third-order valence-electron chi connectivity index (χ3n) is 4.37. The Morgan fingerprint density at radius 1 is 1.14 bits per heavy atom. The second kappa shape index (κ2) is 5.34. The first kappa shape index (κ1) is 13.7. The van der Waals surface area contributed by atoms with Crippen LogP contribution in [0.15, 0.2) is 42.5 Å². The van der Waals surface area contributed by atoms with Crippen LogP contribution in [-0.2, 0) is 6.42 Å². The highest BCUT2D eigenvalue weighted by molar-refractivity contribution is 6.35. The monoisotopic (exact) mass is 312 g/mol. The first-order valence-corrected chi connectivity index (χ1v) is 7.82. The van der Waals surface area contributed by atoms with Crippen LogP contribution in [0.3, 0.4) is 0 Å². The van der Waals surface area contributed by atoms with E-state index < -0.39 is 0 Å². The van der Waals surface area contributed by atoms with Crippen molar-refractivity contribution in [2.45, 2.75) is 12.5 Å². The number of nitrogens with one attached hydrogen (secondary N) is 2. The van der Waals surface area contributed by atoms with Crippen LogP contribution in [0.2, 0.25) is 5.02 Å². The van der Waals surface area contributed by atoms with Crippen molar-refractivity contribution in [3.8, 4) is 5.75 Å². The standard InChI is InChI=1S/C18H17ClN2O/c1-22-12-7-5-11(6-8-12)17-18-13(9-10-20-17)16-14(19)3-2-4-15(16)21-18/h2-8,17,20-21H,9-10H2,1H3. The lowest BCUT2D eigenvalue weighted by Gasteiger charge is -2.25. The smallest absolute Gasteiger partial charge is 0.118 e. The van der Waals surface area contributed by atoms with Crippen LogP contribution in [0.1, 0.15) is 22.9 Å². The van der Waals surface area contributed by atoms with Gasteiger partial charge in [-0.3, -0.25) is 0 Å². The van der Waals surface area contributed by atoms with Gasteiger partial charge in [0.05, 0.1) is 18.2 Å². The van der Waals surface area contributed by atoms with Gasteiger partial charge < -0.3 is 15.0 Å². The Bertz CT molecular complexity index is 823. The van der Waals surface area contributed by atoms with E-state index in [4.69, 9.17) is 16.3 Å². The van der Waals surface area contributed by atoms with E-state index in [9.17, 15) is 0 Å². The Morgan fingerprint density at radius 3 is 2.73 bits per heavy atom. The molecule has 1 aromatic heterocycles. The van der Waals surface area contributed by atoms with Crippen molar-refractivity contribution in [2.75, 3.05) is 13.7 Å². The number of benzene rings is 2. The molecule has 1 aliphatic heterocycles. The van der Waals surface area contributed by atoms with E-state index in [1.807, 2.05) is 24.3 Å². The average molecular weight is 313 g/mol. The number of rotatable bonds is 2. The number of ether oxygens (including phenoxy) is 1. The Kier molecular flexibility index (Phi) is 3.32. The number of hydrogen-bond acceptors (Lipinski definition) is 2. The Hall–Kier alpha value is -1.97. The van der Waals surface area contributed by atoms with Crippen LogP contribution in [0.25, 0.3) is 10.9 Å². The quantitative estimate of drug-likeness (QED) is 0.748. The first-order valence-electron chi connectivity index (χ1n) is 7.44. The molecule has 112 valence electrons. The zero-order valence-corrected chi connectivity index (χ0v) is 13.1. The Morgan fingerprint density at radius 2 is 1.95 bits per heavy atom. The number of hydrogen-bond donors (Lipinski definition) is 2. The maximum Gasteiger partial charge on any atom is 0.118 e. The highest BCUT2D eigenvalue weighted by Gasteiger charge is 2.25. The third-order valence-corrected chi connectivity index (χ3v) is 4.69. The van der Waals surface area contributed by atoms with Gasteiger partial charge in [-0.2, -0.15) is 0 Å². The van der Waals surface area contributed by atoms with E-state index in [1.165, 1.54) is 22.2 Å². The van der Waals surface area contributed by atoms with E-state index in [-0.39, 0.29) is 6.04 Å². The van der Waals surface area contributed by atoms with Crippen LogP contribution in [0.5, 0.6) is 5.75 Å². The number of fused-ring (bicyclic) bond motifs is 3. The van der Waals surface area contributed by atoms with Gasteiger partial charge in [-0.1, -0.05) is 29.8 Å². The fraction of sp³-hybridized carbons (Fsp3) is 0.222. The highest BCUT2D eigenvalue weighted by atomic mass is 35.5. The molecule has 1 unspecified atom stereocenters. The zero-order chi connectivity index (χ0) is 15.1. The van der Waals surface area contributed by atoms with Crippen LogP contribution < -0.4 is 10.1 Å². The van der Waals surface area contributed by atoms with Gasteiger partial charge in [0, 0.05) is 23.1 Å². The predicted molar refractivity (Wildman–Crippen MR) is 89.9 cm³/mol. The summed E-state index contributed by atoms with van der Waals surface area (Å²) < 4.78 is 5.24. The molecule has 0 radical (unpaired) electrons. The maximum atomic E-state index is 6.41. The van der Waals surface area contributed by atoms with Gasteiger partial charge in [0.2, 0.25) is 0 Å². The molecule has 0 aliphatic carbocycles. The predicted octanol–water partition coefficient (Wildman–Crippen LogP) is 4.07. The lowest BCUT2D eigenvalue weighted by Crippen LogP contribution is -2.30. The largest absolute Gasteiger partial charge is 0.497 e. The maximum absolute atomic E-state index is 6.41. The van der Waals surface area contributed by atoms with Crippen molar-refractivity contribution in [1.82, 2.24) is 10.3 Å². The summed E-state index contributed by atoms with van der Waals surface area (Å²) in [4.78, 5) is 3.56. The molecule has 1 aliphatic rings. The molecule has 2 heterocycles. The molecule has 2 N–H and O–H groups in total. The summed E-state index contributed by atoms with van der Waals surface area (Å²) in [5.74, 6) is 0.875. The number of H-pyrrole nitrogens is 1. The van der Waals surface area contributed by atoms with E-state index in [2.05, 4.69) is 28.5 Å². The van der Waals surface area contributed by atoms with Crippen molar-refractivity contribution in [2.24, 2.45) is 0 Å². The van der Waals surface area contributed by atoms with Gasteiger partial charge in [0.25, 0.3) is 0 Å². The van der Waals surface area contributed by atoms with Crippen LogP contribution in [0, 0.1) is 0 Å². The first-order chi connectivity index (χ1) is 10.8. The van der Waals surface area contributed by atoms with Gasteiger partial charge >= 0.3 is 0 Å². The molecule has 3 aromatic rings. The minimum absolute atomic E-state index is 0.165. The molecule has 22 heavy (non-hydrogen) atoms.